The molecule has 326 valence electrons. The fourth-order valence-electron chi connectivity index (χ4n) is 8.72. The van der Waals surface area contributed by atoms with Crippen LogP contribution in [0.4, 0.5) is 10.6 Å². The summed E-state index contributed by atoms with van der Waals surface area (Å²) in [5, 5.41) is 13.5. The van der Waals surface area contributed by atoms with Gasteiger partial charge in [0.1, 0.15) is 5.78 Å². The van der Waals surface area contributed by atoms with Crippen LogP contribution in [0.15, 0.2) is 72.8 Å². The molecule has 5 amide bonds. The van der Waals surface area contributed by atoms with Crippen LogP contribution in [0.2, 0.25) is 0 Å². The minimum Gasteiger partial charge on any atom is -0.330 e. The minimum absolute atomic E-state index is 0. The Kier molecular flexibility index (Phi) is 14.3. The van der Waals surface area contributed by atoms with E-state index in [1.165, 1.54) is 0 Å². The maximum atomic E-state index is 13.7. The number of likely N-dealkylation sites (N-methyl/N-ethyl adjacent to an activating group) is 1. The van der Waals surface area contributed by atoms with Crippen LogP contribution < -0.4 is 10.6 Å². The van der Waals surface area contributed by atoms with E-state index in [4.69, 9.17) is 0 Å². The molecule has 0 saturated heterocycles. The Morgan fingerprint density at radius 2 is 1.56 bits per heavy atom. The van der Waals surface area contributed by atoms with Crippen LogP contribution in [0.1, 0.15) is 141 Å². The summed E-state index contributed by atoms with van der Waals surface area (Å²) in [4.78, 5) is 95.7. The van der Waals surface area contributed by atoms with Crippen molar-refractivity contribution in [3.8, 4) is 0 Å². The lowest BCUT2D eigenvalue weighted by Crippen LogP contribution is -2.48. The standard InChI is InChI=1S/C47H53N7O7.H2S/c1-47(2)41-35(27-53(47)46(61)48-36(28-52(3)4)29-14-10-8-11-15-29)42(51-50-41)49-43(58)32-22-20-30(21-23-32)38(56)19-12-7-5-6-9-16-31-17-13-18-34-40(31)45(60)54(44(34)59)37-25-24-33(55)26-39(37)57;/h8,10-11,13-15,17-18,20-23,36-37H,5-7,9,12,16,19,24-28H2,1-4H3,(H,48,61)(H2,49,50,51,58);1H2/t36-,37?;/m1./s1. The third kappa shape index (κ3) is 9.58. The van der Waals surface area contributed by atoms with E-state index in [-0.39, 0.29) is 74.6 Å². The van der Waals surface area contributed by atoms with E-state index in [0.717, 1.165) is 53.0 Å². The Bertz CT molecular complexity index is 2360. The number of carbonyl (C=O) groups excluding carboxylic acids is 7. The molecular weight excluding hydrogens is 807 g/mol. The Morgan fingerprint density at radius 1 is 0.871 bits per heavy atom. The van der Waals surface area contributed by atoms with Crippen LogP contribution in [0.25, 0.3) is 0 Å². The highest BCUT2D eigenvalue weighted by Gasteiger charge is 2.46. The molecule has 62 heavy (non-hydrogen) atoms. The number of hydrogen-bond acceptors (Lipinski definition) is 9. The molecule has 1 aromatic heterocycles. The number of anilines is 1. The van der Waals surface area contributed by atoms with Crippen molar-refractivity contribution >= 4 is 60.4 Å². The highest BCUT2D eigenvalue weighted by Crippen LogP contribution is 2.41. The summed E-state index contributed by atoms with van der Waals surface area (Å²) in [7, 11) is 3.93. The first kappa shape index (κ1) is 45.6. The van der Waals surface area contributed by atoms with Gasteiger partial charge in [0.2, 0.25) is 0 Å². The van der Waals surface area contributed by atoms with E-state index >= 15 is 0 Å². The van der Waals surface area contributed by atoms with E-state index in [0.29, 0.717) is 53.9 Å². The molecule has 0 spiro atoms. The number of hydrogen-bond donors (Lipinski definition) is 3. The number of nitrogens with one attached hydrogen (secondary N) is 3. The van der Waals surface area contributed by atoms with E-state index in [9.17, 15) is 33.6 Å². The van der Waals surface area contributed by atoms with Gasteiger partial charge in [-0.15, -0.1) is 0 Å². The lowest BCUT2D eigenvalue weighted by Gasteiger charge is -2.34. The van der Waals surface area contributed by atoms with Crippen LogP contribution in [-0.4, -0.2) is 92.7 Å². The van der Waals surface area contributed by atoms with E-state index < -0.39 is 23.4 Å². The number of amides is 5. The number of fused-ring (bicyclic) bond motifs is 2. The summed E-state index contributed by atoms with van der Waals surface area (Å²) in [6.45, 7) is 4.76. The van der Waals surface area contributed by atoms with Gasteiger partial charge >= 0.3 is 6.03 Å². The number of unbranched alkanes of at least 4 members (excludes halogenated alkanes) is 4. The molecular formula is C47H55N7O7S. The molecule has 0 bridgehead atoms. The van der Waals surface area contributed by atoms with Crippen molar-refractivity contribution in [1.82, 2.24) is 30.2 Å². The first-order valence-corrected chi connectivity index (χ1v) is 21.1. The van der Waals surface area contributed by atoms with E-state index in [1.807, 2.05) is 69.2 Å². The maximum Gasteiger partial charge on any atom is 0.319 e. The predicted molar refractivity (Wildman–Crippen MR) is 239 cm³/mol. The summed E-state index contributed by atoms with van der Waals surface area (Å²) in [6, 6.07) is 20.3. The van der Waals surface area contributed by atoms with Gasteiger partial charge in [-0.05, 0) is 83.0 Å². The smallest absolute Gasteiger partial charge is 0.319 e. The van der Waals surface area contributed by atoms with Gasteiger partial charge in [-0.2, -0.15) is 18.6 Å². The van der Waals surface area contributed by atoms with Gasteiger partial charge in [-0.1, -0.05) is 73.9 Å². The van der Waals surface area contributed by atoms with Crippen molar-refractivity contribution in [2.45, 2.75) is 102 Å². The number of aromatic nitrogens is 2. The second-order valence-electron chi connectivity index (χ2n) is 17.0. The summed E-state index contributed by atoms with van der Waals surface area (Å²) in [5.74, 6) is -1.50. The van der Waals surface area contributed by atoms with Gasteiger partial charge in [-0.25, -0.2) is 4.79 Å². The Hall–Kier alpha value is -5.93. The maximum absolute atomic E-state index is 13.7. The molecule has 0 radical (unpaired) electrons. The van der Waals surface area contributed by atoms with Crippen molar-refractivity contribution in [2.75, 3.05) is 26.0 Å². The summed E-state index contributed by atoms with van der Waals surface area (Å²) in [5.41, 5.74) is 4.13. The monoisotopic (exact) mass is 861 g/mol. The van der Waals surface area contributed by atoms with Crippen molar-refractivity contribution in [2.24, 2.45) is 0 Å². The zero-order valence-electron chi connectivity index (χ0n) is 35.7. The van der Waals surface area contributed by atoms with Gasteiger partial charge < -0.3 is 20.4 Å². The molecule has 1 fully saturated rings. The molecule has 7 rings (SSSR count). The van der Waals surface area contributed by atoms with Crippen LogP contribution in [-0.2, 0) is 28.1 Å². The van der Waals surface area contributed by atoms with Crippen molar-refractivity contribution in [1.29, 1.82) is 0 Å². The lowest BCUT2D eigenvalue weighted by molar-refractivity contribution is -0.132. The molecule has 1 aliphatic carbocycles. The van der Waals surface area contributed by atoms with Crippen molar-refractivity contribution in [3.63, 3.8) is 0 Å². The zero-order valence-corrected chi connectivity index (χ0v) is 36.7. The van der Waals surface area contributed by atoms with Gasteiger partial charge in [0.25, 0.3) is 17.7 Å². The first-order chi connectivity index (χ1) is 29.2. The Balaban J connectivity index is 0.00000641. The number of ketones is 3. The zero-order chi connectivity index (χ0) is 43.4. The molecule has 4 aromatic rings. The number of imide groups is 1. The third-order valence-corrected chi connectivity index (χ3v) is 12.1. The summed E-state index contributed by atoms with van der Waals surface area (Å²) >= 11 is 0. The van der Waals surface area contributed by atoms with Crippen LogP contribution in [0.3, 0.4) is 0 Å². The third-order valence-electron chi connectivity index (χ3n) is 12.1. The number of aryl methyl sites for hydroxylation is 1. The van der Waals surface area contributed by atoms with Crippen LogP contribution >= 0.6 is 13.5 Å². The first-order valence-electron chi connectivity index (χ1n) is 21.1. The molecule has 14 nitrogen and oxygen atoms in total. The Morgan fingerprint density at radius 3 is 2.27 bits per heavy atom. The fourth-order valence-corrected chi connectivity index (χ4v) is 8.72. The number of benzene rings is 3. The predicted octanol–water partition coefficient (Wildman–Crippen LogP) is 6.89. The second-order valence-corrected chi connectivity index (χ2v) is 17.0. The van der Waals surface area contributed by atoms with Crippen LogP contribution in [0.5, 0.6) is 0 Å². The molecule has 1 saturated carbocycles. The average molecular weight is 862 g/mol. The number of nitrogens with zero attached hydrogens (tertiary/aromatic N) is 4. The lowest BCUT2D eigenvalue weighted by atomic mass is 9.92. The highest BCUT2D eigenvalue weighted by atomic mass is 32.1. The number of urea groups is 1. The molecule has 3 aromatic carbocycles. The largest absolute Gasteiger partial charge is 0.330 e. The summed E-state index contributed by atoms with van der Waals surface area (Å²) < 4.78 is 0. The number of H-pyrrole nitrogens is 1. The summed E-state index contributed by atoms with van der Waals surface area (Å²) in [6.07, 6.45) is 5.22. The van der Waals surface area contributed by atoms with Crippen molar-refractivity contribution < 1.29 is 33.6 Å². The highest BCUT2D eigenvalue weighted by molar-refractivity contribution is 7.59. The van der Waals surface area contributed by atoms with E-state index in [2.05, 4.69) is 20.8 Å². The molecule has 3 N–H and O–H groups in total. The average Bonchev–Trinajstić information content (AvgIpc) is 3.85. The van der Waals surface area contributed by atoms with Gasteiger partial charge in [0.15, 0.2) is 17.4 Å². The van der Waals surface area contributed by atoms with E-state index in [1.54, 1.807) is 41.3 Å². The molecule has 2 aliphatic heterocycles. The normalized spacial score (nSPS) is 17.1. The number of aromatic amines is 1. The fraction of sp³-hybridized carbons (Fsp3) is 0.404. The van der Waals surface area contributed by atoms with Crippen LogP contribution in [0, 0.1) is 0 Å². The number of carbonyl (C=O) groups is 7. The van der Waals surface area contributed by atoms with Gasteiger partial charge in [0, 0.05) is 36.1 Å². The molecule has 2 atom stereocenters. The van der Waals surface area contributed by atoms with Gasteiger partial charge in [-0.3, -0.25) is 38.8 Å². The number of Topliss-reactive ketones (excluding diaryl/α,β-unsaturated/α-hetero) is 3. The number of rotatable bonds is 16. The SMILES string of the molecule is CN(C)C[C@@H](NC(=O)N1Cc2c(NC(=O)c3ccc(C(=O)CCCCCCCc4cccc5c4C(=O)N(C4CCC(=O)CC4=O)C5=O)cc3)n[nH]c2C1(C)C)c1ccccc1.S. The van der Waals surface area contributed by atoms with Crippen molar-refractivity contribution in [3.05, 3.63) is 117 Å². The second kappa shape index (κ2) is 19.4. The molecule has 3 aliphatic rings. The molecule has 3 heterocycles. The minimum atomic E-state index is -0.886. The van der Waals surface area contributed by atoms with Gasteiger partial charge in [0.05, 0.1) is 47.4 Å². The molecule has 1 unspecified atom stereocenters. The topological polar surface area (TPSA) is 182 Å². The Labute approximate surface area is 368 Å². The molecule has 15 heteroatoms. The quantitative estimate of drug-likeness (QED) is 0.0468.